The summed E-state index contributed by atoms with van der Waals surface area (Å²) in [5, 5.41) is 2.80. The van der Waals surface area contributed by atoms with Crippen molar-refractivity contribution < 1.29 is 4.39 Å². The van der Waals surface area contributed by atoms with E-state index in [0.717, 1.165) is 49.8 Å². The molecule has 0 aliphatic rings. The van der Waals surface area contributed by atoms with Crippen molar-refractivity contribution in [1.29, 1.82) is 0 Å². The van der Waals surface area contributed by atoms with Gasteiger partial charge in [-0.2, -0.15) is 4.39 Å². The van der Waals surface area contributed by atoms with Crippen LogP contribution >= 0.6 is 0 Å². The van der Waals surface area contributed by atoms with Gasteiger partial charge in [-0.05, 0) is 24.3 Å². The molecule has 0 saturated heterocycles. The summed E-state index contributed by atoms with van der Waals surface area (Å²) in [4.78, 5) is 18.8. The van der Waals surface area contributed by atoms with Crippen LogP contribution in [-0.4, -0.2) is 19.9 Å². The predicted octanol–water partition coefficient (Wildman–Crippen LogP) is 7.87. The molecule has 37 heavy (non-hydrogen) atoms. The van der Waals surface area contributed by atoms with Gasteiger partial charge in [0.05, 0.1) is 27.9 Å². The van der Waals surface area contributed by atoms with Gasteiger partial charge in [0, 0.05) is 32.8 Å². The Labute approximate surface area is 212 Å². The van der Waals surface area contributed by atoms with Crippen LogP contribution in [-0.2, 0) is 0 Å². The van der Waals surface area contributed by atoms with Crippen molar-refractivity contribution in [3.8, 4) is 33.9 Å². The highest BCUT2D eigenvalue weighted by Gasteiger charge is 2.12. The van der Waals surface area contributed by atoms with Crippen molar-refractivity contribution in [2.45, 2.75) is 0 Å². The SMILES string of the molecule is Fc1ccc2ccc3ccc(-c4ccc(-c5nc(-c6ccccc6)c6ccccc6n5)cc4)nc3c2n1. The second-order valence-corrected chi connectivity index (χ2v) is 8.90. The molecule has 0 aliphatic carbocycles. The first kappa shape index (κ1) is 21.3. The molecule has 174 valence electrons. The molecule has 7 aromatic rings. The van der Waals surface area contributed by atoms with Gasteiger partial charge < -0.3 is 0 Å². The van der Waals surface area contributed by atoms with Gasteiger partial charge in [0.25, 0.3) is 0 Å². The summed E-state index contributed by atoms with van der Waals surface area (Å²) >= 11 is 0. The number of hydrogen-bond donors (Lipinski definition) is 0. The predicted molar refractivity (Wildman–Crippen MR) is 146 cm³/mol. The summed E-state index contributed by atoms with van der Waals surface area (Å²) in [7, 11) is 0. The summed E-state index contributed by atoms with van der Waals surface area (Å²) in [5.41, 5.74) is 6.77. The van der Waals surface area contributed by atoms with E-state index in [4.69, 9.17) is 15.0 Å². The van der Waals surface area contributed by atoms with Crippen molar-refractivity contribution in [3.63, 3.8) is 0 Å². The number of benzene rings is 4. The highest BCUT2D eigenvalue weighted by molar-refractivity contribution is 6.03. The van der Waals surface area contributed by atoms with Gasteiger partial charge in [-0.1, -0.05) is 91.0 Å². The molecule has 3 heterocycles. The van der Waals surface area contributed by atoms with E-state index in [1.807, 2.05) is 84.9 Å². The van der Waals surface area contributed by atoms with Gasteiger partial charge >= 0.3 is 0 Å². The second-order valence-electron chi connectivity index (χ2n) is 8.90. The van der Waals surface area contributed by atoms with Gasteiger partial charge in [-0.25, -0.2) is 19.9 Å². The third-order valence-electron chi connectivity index (χ3n) is 6.57. The van der Waals surface area contributed by atoms with Crippen molar-refractivity contribution in [2.75, 3.05) is 0 Å². The van der Waals surface area contributed by atoms with Gasteiger partial charge in [-0.3, -0.25) is 0 Å². The molecule has 0 aliphatic heterocycles. The number of pyridine rings is 2. The first-order valence-corrected chi connectivity index (χ1v) is 12.0. The smallest absolute Gasteiger partial charge is 0.213 e. The molecule has 0 radical (unpaired) electrons. The van der Waals surface area contributed by atoms with E-state index in [9.17, 15) is 4.39 Å². The molecule has 7 rings (SSSR count). The first-order chi connectivity index (χ1) is 18.2. The van der Waals surface area contributed by atoms with Crippen LogP contribution in [0.4, 0.5) is 4.39 Å². The van der Waals surface area contributed by atoms with E-state index in [1.54, 1.807) is 6.07 Å². The van der Waals surface area contributed by atoms with Gasteiger partial charge in [0.1, 0.15) is 0 Å². The number of aromatic nitrogens is 4. The van der Waals surface area contributed by atoms with E-state index < -0.39 is 5.95 Å². The average molecular weight is 479 g/mol. The maximum Gasteiger partial charge on any atom is 0.213 e. The van der Waals surface area contributed by atoms with Crippen LogP contribution in [0.3, 0.4) is 0 Å². The number of fused-ring (bicyclic) bond motifs is 4. The third kappa shape index (κ3) is 3.78. The molecule has 0 saturated carbocycles. The highest BCUT2D eigenvalue weighted by Crippen LogP contribution is 2.31. The van der Waals surface area contributed by atoms with Crippen LogP contribution in [0.5, 0.6) is 0 Å². The topological polar surface area (TPSA) is 51.6 Å². The van der Waals surface area contributed by atoms with Gasteiger partial charge in [-0.15, -0.1) is 0 Å². The zero-order valence-electron chi connectivity index (χ0n) is 19.6. The molecule has 0 bridgehead atoms. The van der Waals surface area contributed by atoms with Crippen LogP contribution in [0.2, 0.25) is 0 Å². The van der Waals surface area contributed by atoms with Crippen molar-refractivity contribution >= 4 is 32.7 Å². The summed E-state index contributed by atoms with van der Waals surface area (Å²) in [6, 6.07) is 37.3. The monoisotopic (exact) mass is 478 g/mol. The maximum atomic E-state index is 13.9. The molecule has 0 N–H and O–H groups in total. The van der Waals surface area contributed by atoms with Gasteiger partial charge in [0.2, 0.25) is 5.95 Å². The molecule has 0 fully saturated rings. The fourth-order valence-corrected chi connectivity index (χ4v) is 4.72. The number of halogens is 1. The second kappa shape index (κ2) is 8.57. The zero-order chi connectivity index (χ0) is 24.8. The van der Waals surface area contributed by atoms with Gasteiger partial charge in [0.15, 0.2) is 5.82 Å². The molecule has 3 aromatic heterocycles. The minimum atomic E-state index is -0.512. The lowest BCUT2D eigenvalue weighted by atomic mass is 10.0. The van der Waals surface area contributed by atoms with Crippen molar-refractivity contribution in [1.82, 2.24) is 19.9 Å². The minimum absolute atomic E-state index is 0.512. The van der Waals surface area contributed by atoms with Crippen LogP contribution < -0.4 is 0 Å². The molecular formula is C32H19FN4. The van der Waals surface area contributed by atoms with E-state index >= 15 is 0 Å². The van der Waals surface area contributed by atoms with Crippen LogP contribution in [0.15, 0.2) is 115 Å². The number of para-hydroxylation sites is 1. The molecule has 4 aromatic carbocycles. The Morgan fingerprint density at radius 3 is 1.92 bits per heavy atom. The quantitative estimate of drug-likeness (QED) is 0.192. The molecule has 5 heteroatoms. The highest BCUT2D eigenvalue weighted by atomic mass is 19.1. The molecule has 0 unspecified atom stereocenters. The summed E-state index contributed by atoms with van der Waals surface area (Å²) in [6.07, 6.45) is 0. The Morgan fingerprint density at radius 2 is 1.11 bits per heavy atom. The molecule has 0 spiro atoms. The van der Waals surface area contributed by atoms with E-state index in [0.29, 0.717) is 16.9 Å². The lowest BCUT2D eigenvalue weighted by Crippen LogP contribution is -1.95. The maximum absolute atomic E-state index is 13.9. The molecular weight excluding hydrogens is 459 g/mol. The standard InChI is InChI=1S/C32H19FN4/c33-28-19-17-23-13-12-22-16-18-26(34-30(22)31(23)36-28)20-10-14-24(15-11-20)32-35-27-9-5-4-8-25(27)29(37-32)21-6-2-1-3-7-21/h1-19H. The fourth-order valence-electron chi connectivity index (χ4n) is 4.72. The molecule has 0 amide bonds. The van der Waals surface area contributed by atoms with E-state index in [-0.39, 0.29) is 0 Å². The summed E-state index contributed by atoms with van der Waals surface area (Å²) < 4.78 is 13.9. The fraction of sp³-hybridized carbons (Fsp3) is 0. The van der Waals surface area contributed by atoms with E-state index in [1.165, 1.54) is 6.07 Å². The first-order valence-electron chi connectivity index (χ1n) is 12.0. The lowest BCUT2D eigenvalue weighted by Gasteiger charge is -2.10. The van der Waals surface area contributed by atoms with E-state index in [2.05, 4.69) is 23.2 Å². The Kier molecular flexibility index (Phi) is 4.93. The Balaban J connectivity index is 1.32. The average Bonchev–Trinajstić information content (AvgIpc) is 2.97. The summed E-state index contributed by atoms with van der Waals surface area (Å²) in [5.74, 6) is 0.156. The van der Waals surface area contributed by atoms with Crippen LogP contribution in [0, 0.1) is 5.95 Å². The Morgan fingerprint density at radius 1 is 0.459 bits per heavy atom. The Hall–Kier alpha value is -5.03. The lowest BCUT2D eigenvalue weighted by molar-refractivity contribution is 0.589. The number of nitrogens with zero attached hydrogens (tertiary/aromatic N) is 4. The van der Waals surface area contributed by atoms with Crippen LogP contribution in [0.25, 0.3) is 66.6 Å². The van der Waals surface area contributed by atoms with Crippen molar-refractivity contribution in [3.05, 3.63) is 121 Å². The number of hydrogen-bond acceptors (Lipinski definition) is 4. The third-order valence-corrected chi connectivity index (χ3v) is 6.57. The van der Waals surface area contributed by atoms with Crippen LogP contribution in [0.1, 0.15) is 0 Å². The summed E-state index contributed by atoms with van der Waals surface area (Å²) in [6.45, 7) is 0. The normalized spacial score (nSPS) is 11.4. The minimum Gasteiger partial charge on any atom is -0.245 e. The zero-order valence-corrected chi connectivity index (χ0v) is 19.6. The molecule has 4 nitrogen and oxygen atoms in total. The number of rotatable bonds is 3. The van der Waals surface area contributed by atoms with Crippen molar-refractivity contribution in [2.24, 2.45) is 0 Å². The molecule has 0 atom stereocenters. The Bertz CT molecular complexity index is 1930. The largest absolute Gasteiger partial charge is 0.245 e.